The van der Waals surface area contributed by atoms with E-state index >= 15 is 0 Å². The Hall–Kier alpha value is -2.88. The number of rotatable bonds is 7. The van der Waals surface area contributed by atoms with Crippen molar-refractivity contribution in [2.24, 2.45) is 5.92 Å². The quantitative estimate of drug-likeness (QED) is 0.464. The third-order valence-corrected chi connectivity index (χ3v) is 4.99. The smallest absolute Gasteiger partial charge is 0.317 e. The lowest BCUT2D eigenvalue weighted by molar-refractivity contribution is -0.149. The second-order valence-corrected chi connectivity index (χ2v) is 6.81. The van der Waals surface area contributed by atoms with Gasteiger partial charge >= 0.3 is 5.97 Å². The first-order valence-electron chi connectivity index (χ1n) is 9.34. The lowest BCUT2D eigenvalue weighted by atomic mass is 9.76. The maximum atomic E-state index is 12.6. The number of aryl methyl sites for hydroxylation is 1. The second-order valence-electron chi connectivity index (χ2n) is 6.81. The number of esters is 1. The van der Waals surface area contributed by atoms with E-state index in [1.807, 2.05) is 48.5 Å². The van der Waals surface area contributed by atoms with Crippen LogP contribution in [0.15, 0.2) is 72.4 Å². The number of benzene rings is 2. The summed E-state index contributed by atoms with van der Waals surface area (Å²) in [4.78, 5) is 24.8. The first-order chi connectivity index (χ1) is 13.2. The standard InChI is InChI=1S/C23H25NO3/c1-27-23(26)22-20(18-12-6-3-7-13-18)15-19(16-21(22)25)24-14-8-11-17-9-4-2-5-10-17/h2-7,9-10,12-13,16,20,22,24H,8,11,14-15H2,1H3. The maximum Gasteiger partial charge on any atom is 0.317 e. The molecule has 2 atom stereocenters. The van der Waals surface area contributed by atoms with Crippen LogP contribution < -0.4 is 5.32 Å². The Morgan fingerprint density at radius 2 is 1.74 bits per heavy atom. The van der Waals surface area contributed by atoms with Crippen LogP contribution in [0.25, 0.3) is 0 Å². The highest BCUT2D eigenvalue weighted by Gasteiger charge is 2.39. The third kappa shape index (κ3) is 4.85. The van der Waals surface area contributed by atoms with Gasteiger partial charge in [-0.25, -0.2) is 0 Å². The molecule has 1 N–H and O–H groups in total. The van der Waals surface area contributed by atoms with E-state index in [1.54, 1.807) is 6.08 Å². The number of nitrogens with one attached hydrogen (secondary N) is 1. The van der Waals surface area contributed by atoms with Crippen LogP contribution in [0.3, 0.4) is 0 Å². The Bertz CT molecular complexity index is 799. The molecule has 0 radical (unpaired) electrons. The van der Waals surface area contributed by atoms with Gasteiger partial charge in [0, 0.05) is 24.2 Å². The summed E-state index contributed by atoms with van der Waals surface area (Å²) in [5, 5.41) is 3.39. The van der Waals surface area contributed by atoms with Gasteiger partial charge in [0.05, 0.1) is 7.11 Å². The van der Waals surface area contributed by atoms with Gasteiger partial charge < -0.3 is 10.1 Å². The molecule has 27 heavy (non-hydrogen) atoms. The Balaban J connectivity index is 1.66. The number of carbonyl (C=O) groups is 2. The van der Waals surface area contributed by atoms with Crippen molar-refractivity contribution in [3.63, 3.8) is 0 Å². The summed E-state index contributed by atoms with van der Waals surface area (Å²) >= 11 is 0. The predicted molar refractivity (Wildman–Crippen MR) is 105 cm³/mol. The first-order valence-corrected chi connectivity index (χ1v) is 9.34. The van der Waals surface area contributed by atoms with Crippen LogP contribution in [0.4, 0.5) is 0 Å². The molecular weight excluding hydrogens is 338 g/mol. The minimum Gasteiger partial charge on any atom is -0.468 e. The van der Waals surface area contributed by atoms with Gasteiger partial charge in [-0.15, -0.1) is 0 Å². The van der Waals surface area contributed by atoms with Crippen LogP contribution in [-0.4, -0.2) is 25.4 Å². The zero-order valence-electron chi connectivity index (χ0n) is 15.6. The normalized spacial score (nSPS) is 19.3. The Morgan fingerprint density at radius 3 is 2.41 bits per heavy atom. The highest BCUT2D eigenvalue weighted by molar-refractivity contribution is 6.07. The summed E-state index contributed by atoms with van der Waals surface area (Å²) in [7, 11) is 1.33. The molecule has 0 spiro atoms. The van der Waals surface area contributed by atoms with Gasteiger partial charge in [-0.3, -0.25) is 9.59 Å². The van der Waals surface area contributed by atoms with E-state index in [1.165, 1.54) is 12.7 Å². The number of allylic oxidation sites excluding steroid dienone is 2. The van der Waals surface area contributed by atoms with Gasteiger partial charge in [0.2, 0.25) is 0 Å². The van der Waals surface area contributed by atoms with Crippen molar-refractivity contribution in [3.05, 3.63) is 83.6 Å². The van der Waals surface area contributed by atoms with Gasteiger partial charge in [-0.05, 0) is 30.4 Å². The molecule has 0 aromatic heterocycles. The topological polar surface area (TPSA) is 55.4 Å². The number of hydrogen-bond donors (Lipinski definition) is 1. The van der Waals surface area contributed by atoms with Crippen LogP contribution in [0.2, 0.25) is 0 Å². The fourth-order valence-corrected chi connectivity index (χ4v) is 3.60. The van der Waals surface area contributed by atoms with Crippen LogP contribution in [-0.2, 0) is 20.7 Å². The molecule has 0 saturated heterocycles. The summed E-state index contributed by atoms with van der Waals surface area (Å²) in [5.41, 5.74) is 3.18. The zero-order valence-corrected chi connectivity index (χ0v) is 15.6. The zero-order chi connectivity index (χ0) is 19.1. The van der Waals surface area contributed by atoms with Gasteiger partial charge in [-0.1, -0.05) is 60.7 Å². The molecule has 1 aliphatic carbocycles. The van der Waals surface area contributed by atoms with Crippen LogP contribution in [0.5, 0.6) is 0 Å². The van der Waals surface area contributed by atoms with Crippen molar-refractivity contribution in [1.29, 1.82) is 0 Å². The fraction of sp³-hybridized carbons (Fsp3) is 0.304. The van der Waals surface area contributed by atoms with Crippen molar-refractivity contribution >= 4 is 11.8 Å². The van der Waals surface area contributed by atoms with Crippen LogP contribution >= 0.6 is 0 Å². The molecule has 4 nitrogen and oxygen atoms in total. The maximum absolute atomic E-state index is 12.6. The van der Waals surface area contributed by atoms with E-state index in [9.17, 15) is 9.59 Å². The highest BCUT2D eigenvalue weighted by atomic mass is 16.5. The van der Waals surface area contributed by atoms with Crippen molar-refractivity contribution in [2.75, 3.05) is 13.7 Å². The van der Waals surface area contributed by atoms with E-state index in [0.29, 0.717) is 6.42 Å². The average molecular weight is 363 g/mol. The number of carbonyl (C=O) groups excluding carboxylic acids is 2. The summed E-state index contributed by atoms with van der Waals surface area (Å²) < 4.78 is 4.89. The van der Waals surface area contributed by atoms with E-state index in [0.717, 1.165) is 30.6 Å². The summed E-state index contributed by atoms with van der Waals surface area (Å²) in [6.07, 6.45) is 4.17. The average Bonchev–Trinajstić information content (AvgIpc) is 2.71. The molecule has 140 valence electrons. The van der Waals surface area contributed by atoms with Gasteiger partial charge in [0.1, 0.15) is 5.92 Å². The van der Waals surface area contributed by atoms with Crippen molar-refractivity contribution in [1.82, 2.24) is 5.32 Å². The van der Waals surface area contributed by atoms with Gasteiger partial charge in [0.15, 0.2) is 5.78 Å². The SMILES string of the molecule is COC(=O)C1C(=O)C=C(NCCCc2ccccc2)CC1c1ccccc1. The van der Waals surface area contributed by atoms with Crippen molar-refractivity contribution in [2.45, 2.75) is 25.2 Å². The molecule has 2 aromatic rings. The number of methoxy groups -OCH3 is 1. The van der Waals surface area contributed by atoms with Crippen molar-refractivity contribution in [3.8, 4) is 0 Å². The molecule has 0 bridgehead atoms. The Morgan fingerprint density at radius 1 is 1.07 bits per heavy atom. The molecule has 0 heterocycles. The minimum atomic E-state index is -0.771. The van der Waals surface area contributed by atoms with E-state index < -0.39 is 11.9 Å². The summed E-state index contributed by atoms with van der Waals surface area (Å²) in [5.74, 6) is -1.62. The molecule has 2 unspecified atom stereocenters. The predicted octanol–water partition coefficient (Wildman–Crippen LogP) is 3.64. The summed E-state index contributed by atoms with van der Waals surface area (Å²) in [6, 6.07) is 20.1. The molecule has 4 heteroatoms. The fourth-order valence-electron chi connectivity index (χ4n) is 3.60. The minimum absolute atomic E-state index is 0.187. The molecule has 3 rings (SSSR count). The lowest BCUT2D eigenvalue weighted by Gasteiger charge is -2.29. The molecule has 0 amide bonds. The van der Waals surface area contributed by atoms with E-state index in [2.05, 4.69) is 17.4 Å². The second kappa shape index (κ2) is 9.17. The number of ketones is 1. The van der Waals surface area contributed by atoms with Gasteiger partial charge in [-0.2, -0.15) is 0 Å². The molecular formula is C23H25NO3. The Labute approximate surface area is 160 Å². The highest BCUT2D eigenvalue weighted by Crippen LogP contribution is 2.35. The number of ether oxygens (including phenoxy) is 1. The Kier molecular flexibility index (Phi) is 6.42. The van der Waals surface area contributed by atoms with E-state index in [-0.39, 0.29) is 11.7 Å². The lowest BCUT2D eigenvalue weighted by Crippen LogP contribution is -2.36. The number of hydrogen-bond acceptors (Lipinski definition) is 4. The van der Waals surface area contributed by atoms with Gasteiger partial charge in [0.25, 0.3) is 0 Å². The molecule has 2 aromatic carbocycles. The van der Waals surface area contributed by atoms with Crippen LogP contribution in [0, 0.1) is 5.92 Å². The van der Waals surface area contributed by atoms with E-state index in [4.69, 9.17) is 4.74 Å². The molecule has 1 aliphatic rings. The van der Waals surface area contributed by atoms with Crippen LogP contribution in [0.1, 0.15) is 29.9 Å². The third-order valence-electron chi connectivity index (χ3n) is 4.99. The van der Waals surface area contributed by atoms with Crippen molar-refractivity contribution < 1.29 is 14.3 Å². The summed E-state index contributed by atoms with van der Waals surface area (Å²) in [6.45, 7) is 0.790. The largest absolute Gasteiger partial charge is 0.468 e. The molecule has 0 fully saturated rings. The monoisotopic (exact) mass is 363 g/mol. The first kappa shape index (κ1) is 18.9. The molecule has 0 aliphatic heterocycles. The molecule has 0 saturated carbocycles.